The largest absolute Gasteiger partial charge is 0.309 e. The van der Waals surface area contributed by atoms with Gasteiger partial charge < -0.3 is 4.57 Å². The second-order valence-electron chi connectivity index (χ2n) is 15.6. The van der Waals surface area contributed by atoms with Crippen molar-refractivity contribution in [2.45, 2.75) is 37.8 Å². The van der Waals surface area contributed by atoms with Crippen molar-refractivity contribution in [3.05, 3.63) is 185 Å². The summed E-state index contributed by atoms with van der Waals surface area (Å²) in [4.78, 5) is 0. The lowest BCUT2D eigenvalue weighted by molar-refractivity contribution is 0.660. The van der Waals surface area contributed by atoms with Gasteiger partial charge in [-0.25, -0.2) is 0 Å². The van der Waals surface area contributed by atoms with E-state index in [1.54, 1.807) is 5.19 Å². The number of rotatable bonds is 1. The van der Waals surface area contributed by atoms with Gasteiger partial charge in [0.2, 0.25) is 0 Å². The van der Waals surface area contributed by atoms with Crippen LogP contribution in [0, 0.1) is 0 Å². The zero-order valence-corrected chi connectivity index (χ0v) is 29.9. The molecule has 2 aliphatic heterocycles. The first-order valence-electron chi connectivity index (χ1n) is 18.0. The van der Waals surface area contributed by atoms with E-state index < -0.39 is 13.5 Å². The van der Waals surface area contributed by atoms with Gasteiger partial charge in [0.05, 0.1) is 22.1 Å². The van der Waals surface area contributed by atoms with Gasteiger partial charge in [-0.05, 0) is 78.1 Å². The number of aromatic nitrogens is 1. The summed E-state index contributed by atoms with van der Waals surface area (Å²) in [5.74, 6) is 0. The maximum atomic E-state index is 2.59. The first-order chi connectivity index (χ1) is 24.4. The average Bonchev–Trinajstić information content (AvgIpc) is 3.61. The highest BCUT2D eigenvalue weighted by atomic mass is 28.3. The van der Waals surface area contributed by atoms with E-state index in [1.807, 2.05) is 0 Å². The number of benzene rings is 7. The molecule has 11 rings (SSSR count). The van der Waals surface area contributed by atoms with Crippen molar-refractivity contribution >= 4 is 40.3 Å². The van der Waals surface area contributed by atoms with Crippen LogP contribution in [0.15, 0.2) is 152 Å². The minimum absolute atomic E-state index is 0.0527. The quantitative estimate of drug-likeness (QED) is 0.155. The molecule has 0 saturated carbocycles. The van der Waals surface area contributed by atoms with Crippen LogP contribution < -0.4 is 10.4 Å². The Morgan fingerprint density at radius 3 is 1.90 bits per heavy atom. The van der Waals surface area contributed by atoms with Crippen molar-refractivity contribution in [2.75, 3.05) is 0 Å². The predicted octanol–water partition coefficient (Wildman–Crippen LogP) is 10.6. The van der Waals surface area contributed by atoms with Crippen molar-refractivity contribution in [1.82, 2.24) is 4.57 Å². The van der Waals surface area contributed by atoms with E-state index in [0.29, 0.717) is 0 Å². The molecule has 0 amide bonds. The molecule has 0 saturated heterocycles. The maximum Gasteiger partial charge on any atom is 0.113 e. The van der Waals surface area contributed by atoms with Crippen molar-refractivity contribution in [3.63, 3.8) is 0 Å². The monoisotopic (exact) mass is 655 g/mol. The molecule has 50 heavy (non-hydrogen) atoms. The Morgan fingerprint density at radius 2 is 1.04 bits per heavy atom. The van der Waals surface area contributed by atoms with E-state index in [2.05, 4.69) is 183 Å². The van der Waals surface area contributed by atoms with Gasteiger partial charge in [-0.1, -0.05) is 166 Å². The molecule has 1 nitrogen and oxygen atoms in total. The Labute approximate surface area is 294 Å². The number of hydrogen-bond donors (Lipinski definition) is 0. The molecule has 0 N–H and O–H groups in total. The molecule has 238 valence electrons. The molecule has 8 aromatic rings. The second kappa shape index (κ2) is 9.41. The summed E-state index contributed by atoms with van der Waals surface area (Å²) in [5.41, 5.74) is 17.4. The summed E-state index contributed by atoms with van der Waals surface area (Å²) in [6.45, 7) is 9.97. The van der Waals surface area contributed by atoms with Crippen LogP contribution in [-0.4, -0.2) is 12.6 Å². The van der Waals surface area contributed by atoms with Crippen LogP contribution in [0.25, 0.3) is 49.7 Å². The predicted molar refractivity (Wildman–Crippen MR) is 212 cm³/mol. The van der Waals surface area contributed by atoms with E-state index in [1.165, 1.54) is 88.3 Å². The Balaban J connectivity index is 1.34. The first-order valence-corrected chi connectivity index (χ1v) is 21.0. The fourth-order valence-corrected chi connectivity index (χ4v) is 14.2. The van der Waals surface area contributed by atoms with E-state index in [0.717, 1.165) is 0 Å². The lowest BCUT2D eigenvalue weighted by Gasteiger charge is -2.50. The molecule has 0 fully saturated rings. The zero-order valence-electron chi connectivity index (χ0n) is 28.9. The molecule has 1 aromatic heterocycles. The molecule has 1 spiro atoms. The number of para-hydroxylation sites is 3. The molecule has 0 radical (unpaired) electrons. The first kappa shape index (κ1) is 28.4. The van der Waals surface area contributed by atoms with Crippen LogP contribution in [0.1, 0.15) is 47.2 Å². The third kappa shape index (κ3) is 3.16. The van der Waals surface area contributed by atoms with Crippen LogP contribution in [0.2, 0.25) is 13.1 Å². The van der Waals surface area contributed by atoms with Gasteiger partial charge in [0.15, 0.2) is 0 Å². The fraction of sp³-hybridized carbons (Fsp3) is 0.125. The maximum absolute atomic E-state index is 2.59. The Kier molecular flexibility index (Phi) is 5.35. The number of nitrogens with zero attached hydrogens (tertiary/aromatic N) is 1. The second-order valence-corrected chi connectivity index (χ2v) is 19.9. The van der Waals surface area contributed by atoms with Crippen LogP contribution in [0.3, 0.4) is 0 Å². The molecule has 1 aliphatic carbocycles. The zero-order chi connectivity index (χ0) is 33.6. The highest BCUT2D eigenvalue weighted by Crippen LogP contribution is 2.57. The van der Waals surface area contributed by atoms with Gasteiger partial charge in [0.25, 0.3) is 0 Å². The fourth-order valence-electron chi connectivity index (χ4n) is 10.7. The average molecular weight is 656 g/mol. The SMILES string of the molecule is CC1(C)c2ccccc2-c2c(-c3cccc4c3[Si](C)(C)c3ccccc3C43c4ccccc4-n4c5ccccc5c5cccc3c54)cccc21. The summed E-state index contributed by atoms with van der Waals surface area (Å²) in [6.07, 6.45) is 0. The Morgan fingerprint density at radius 1 is 0.460 bits per heavy atom. The van der Waals surface area contributed by atoms with Gasteiger partial charge in [-0.15, -0.1) is 0 Å². The molecule has 0 bridgehead atoms. The molecule has 1 unspecified atom stereocenters. The summed E-state index contributed by atoms with van der Waals surface area (Å²) in [5, 5.41) is 5.73. The summed E-state index contributed by atoms with van der Waals surface area (Å²) in [7, 11) is -2.26. The molecule has 1 atom stereocenters. The van der Waals surface area contributed by atoms with Gasteiger partial charge in [0, 0.05) is 16.2 Å². The summed E-state index contributed by atoms with van der Waals surface area (Å²) in [6, 6.07) is 58.2. The number of hydrogen-bond acceptors (Lipinski definition) is 0. The van der Waals surface area contributed by atoms with Gasteiger partial charge in [-0.2, -0.15) is 0 Å². The molecular formula is C48H37NSi. The standard InChI is InChI=1S/C48H37NSi/c1-47(2)35-21-7-5-17-34(35)44-31(18-13-24-38(44)47)33-20-15-26-40-46(33)50(3,4)43-29-12-9-23-37(43)48(40)36-22-8-11-28-42(36)49-41-27-10-6-16-30(41)32-19-14-25-39(48)45(32)49/h5-29H,1-4H3. The number of fused-ring (bicyclic) bond motifs is 14. The summed E-state index contributed by atoms with van der Waals surface area (Å²) >= 11 is 0. The normalized spacial score (nSPS) is 18.4. The Bertz CT molecular complexity index is 2780. The highest BCUT2D eigenvalue weighted by Gasteiger charge is 2.54. The smallest absolute Gasteiger partial charge is 0.113 e. The van der Waals surface area contributed by atoms with Crippen molar-refractivity contribution in [2.24, 2.45) is 0 Å². The van der Waals surface area contributed by atoms with Crippen LogP contribution in [-0.2, 0) is 10.8 Å². The Hall–Kier alpha value is -5.44. The van der Waals surface area contributed by atoms with E-state index in [9.17, 15) is 0 Å². The van der Waals surface area contributed by atoms with E-state index >= 15 is 0 Å². The van der Waals surface area contributed by atoms with Crippen molar-refractivity contribution in [1.29, 1.82) is 0 Å². The third-order valence-electron chi connectivity index (χ3n) is 12.6. The van der Waals surface area contributed by atoms with Crippen LogP contribution >= 0.6 is 0 Å². The van der Waals surface area contributed by atoms with Gasteiger partial charge in [-0.3, -0.25) is 0 Å². The van der Waals surface area contributed by atoms with Crippen LogP contribution in [0.4, 0.5) is 0 Å². The summed E-state index contributed by atoms with van der Waals surface area (Å²) < 4.78 is 2.55. The molecular weight excluding hydrogens is 619 g/mol. The van der Waals surface area contributed by atoms with Gasteiger partial charge >= 0.3 is 0 Å². The molecule has 3 aliphatic rings. The topological polar surface area (TPSA) is 4.93 Å². The molecule has 3 heterocycles. The minimum atomic E-state index is -2.26. The van der Waals surface area contributed by atoms with E-state index in [-0.39, 0.29) is 5.41 Å². The van der Waals surface area contributed by atoms with E-state index in [4.69, 9.17) is 0 Å². The van der Waals surface area contributed by atoms with Crippen molar-refractivity contribution < 1.29 is 0 Å². The van der Waals surface area contributed by atoms with Crippen LogP contribution in [0.5, 0.6) is 0 Å². The van der Waals surface area contributed by atoms with Crippen molar-refractivity contribution in [3.8, 4) is 27.9 Å². The third-order valence-corrected chi connectivity index (χ3v) is 16.2. The highest BCUT2D eigenvalue weighted by molar-refractivity contribution is 7.02. The molecule has 2 heteroatoms. The minimum Gasteiger partial charge on any atom is -0.309 e. The van der Waals surface area contributed by atoms with Gasteiger partial charge in [0.1, 0.15) is 8.07 Å². The lowest BCUT2D eigenvalue weighted by atomic mass is 9.62. The molecule has 7 aromatic carbocycles. The lowest BCUT2D eigenvalue weighted by Crippen LogP contribution is -2.64.